The van der Waals surface area contributed by atoms with E-state index in [0.717, 1.165) is 24.9 Å². The van der Waals surface area contributed by atoms with Crippen molar-refractivity contribution in [1.29, 1.82) is 0 Å². The zero-order valence-electron chi connectivity index (χ0n) is 13.1. The number of likely N-dealkylation sites (N-methyl/N-ethyl adjacent to an activating group) is 1. The van der Waals surface area contributed by atoms with Crippen LogP contribution in [0.3, 0.4) is 0 Å². The van der Waals surface area contributed by atoms with Gasteiger partial charge in [0.1, 0.15) is 12.3 Å². The van der Waals surface area contributed by atoms with Crippen LogP contribution in [0.2, 0.25) is 0 Å². The van der Waals surface area contributed by atoms with Gasteiger partial charge in [0.25, 0.3) is 0 Å². The number of carbonyl (C=O) groups excluding carboxylic acids is 1. The van der Waals surface area contributed by atoms with E-state index in [2.05, 4.69) is 35.3 Å². The first kappa shape index (κ1) is 15.6. The normalized spacial score (nSPS) is 23.3. The minimum atomic E-state index is -0.0809. The van der Waals surface area contributed by atoms with E-state index >= 15 is 0 Å². The molecule has 2 rings (SSSR count). The van der Waals surface area contributed by atoms with Gasteiger partial charge in [-0.2, -0.15) is 0 Å². The van der Waals surface area contributed by atoms with Gasteiger partial charge in [0, 0.05) is 7.05 Å². The Hall–Kier alpha value is -1.77. The Labute approximate surface area is 128 Å². The number of rotatable bonds is 7. The van der Waals surface area contributed by atoms with Crippen molar-refractivity contribution in [3.63, 3.8) is 0 Å². The summed E-state index contributed by atoms with van der Waals surface area (Å²) in [5, 5.41) is 3.52. The van der Waals surface area contributed by atoms with Gasteiger partial charge in [-0.05, 0) is 30.9 Å². The van der Waals surface area contributed by atoms with Crippen LogP contribution >= 0.6 is 0 Å². The molecule has 1 N–H and O–H groups in total. The van der Waals surface area contributed by atoms with Crippen LogP contribution in [-0.2, 0) is 11.2 Å². The lowest BCUT2D eigenvalue weighted by Crippen LogP contribution is -2.37. The maximum absolute atomic E-state index is 11.4. The molecule has 1 aliphatic heterocycles. The van der Waals surface area contributed by atoms with E-state index in [1.54, 1.807) is 0 Å². The average Bonchev–Trinajstić information content (AvgIpc) is 2.80. The summed E-state index contributed by atoms with van der Waals surface area (Å²) in [4.78, 5) is 13.5. The van der Waals surface area contributed by atoms with Crippen LogP contribution in [0.25, 0.3) is 0 Å². The highest BCUT2D eigenvalue weighted by atomic mass is 16.1. The number of nitrogens with one attached hydrogen (secondary N) is 1. The number of nitrogens with zero attached hydrogens (tertiary/aromatic N) is 1. The number of aldehydes is 1. The summed E-state index contributed by atoms with van der Waals surface area (Å²) in [6.45, 7) is 2.21. The van der Waals surface area contributed by atoms with E-state index in [4.69, 9.17) is 0 Å². The molecule has 2 atom stereocenters. The predicted octanol–water partition coefficient (Wildman–Crippen LogP) is 3.12. The minimum Gasteiger partial charge on any atom is -0.366 e. The monoisotopic (exact) mass is 286 g/mol. The molecule has 1 aromatic carbocycles. The highest BCUT2D eigenvalue weighted by Crippen LogP contribution is 2.20. The van der Waals surface area contributed by atoms with E-state index < -0.39 is 0 Å². The number of unbranched alkanes of at least 4 members (excludes halogenated alkanes) is 3. The van der Waals surface area contributed by atoms with E-state index in [1.807, 2.05) is 25.2 Å². The Morgan fingerprint density at radius 3 is 2.67 bits per heavy atom. The fourth-order valence-electron chi connectivity index (χ4n) is 2.87. The SMILES string of the molecule is CCCCCC=C1NC(Cc2ccccc2)C(C=O)N1C. The Morgan fingerprint density at radius 2 is 2.00 bits per heavy atom. The molecule has 1 saturated heterocycles. The van der Waals surface area contributed by atoms with Crippen molar-refractivity contribution in [3.8, 4) is 0 Å². The van der Waals surface area contributed by atoms with Gasteiger partial charge in [0.05, 0.1) is 11.9 Å². The van der Waals surface area contributed by atoms with Gasteiger partial charge in [0.2, 0.25) is 0 Å². The highest BCUT2D eigenvalue weighted by Gasteiger charge is 2.33. The van der Waals surface area contributed by atoms with Crippen molar-refractivity contribution in [2.24, 2.45) is 0 Å². The summed E-state index contributed by atoms with van der Waals surface area (Å²) < 4.78 is 0. The number of carbonyl (C=O) groups is 1. The highest BCUT2D eigenvalue weighted by molar-refractivity contribution is 5.61. The average molecular weight is 286 g/mol. The molecule has 0 aromatic heterocycles. The molecule has 0 amide bonds. The molecular weight excluding hydrogens is 260 g/mol. The zero-order chi connectivity index (χ0) is 15.1. The molecule has 3 heteroatoms. The summed E-state index contributed by atoms with van der Waals surface area (Å²) >= 11 is 0. The van der Waals surface area contributed by atoms with Crippen LogP contribution in [0.4, 0.5) is 0 Å². The largest absolute Gasteiger partial charge is 0.366 e. The van der Waals surface area contributed by atoms with E-state index in [0.29, 0.717) is 0 Å². The van der Waals surface area contributed by atoms with E-state index in [1.165, 1.54) is 24.8 Å². The maximum Gasteiger partial charge on any atom is 0.144 e. The van der Waals surface area contributed by atoms with E-state index in [9.17, 15) is 4.79 Å². The number of hydrogen-bond donors (Lipinski definition) is 1. The van der Waals surface area contributed by atoms with Crippen LogP contribution in [0.15, 0.2) is 42.2 Å². The number of allylic oxidation sites excluding steroid dienone is 1. The molecule has 0 bridgehead atoms. The van der Waals surface area contributed by atoms with Gasteiger partial charge in [-0.1, -0.05) is 50.1 Å². The lowest BCUT2D eigenvalue weighted by atomic mass is 10.0. The van der Waals surface area contributed by atoms with Gasteiger partial charge < -0.3 is 15.0 Å². The van der Waals surface area contributed by atoms with Crippen LogP contribution in [-0.4, -0.2) is 30.3 Å². The van der Waals surface area contributed by atoms with Gasteiger partial charge in [0.15, 0.2) is 0 Å². The van der Waals surface area contributed by atoms with Crippen molar-refractivity contribution in [2.45, 2.75) is 51.1 Å². The molecule has 0 saturated carbocycles. The molecule has 2 unspecified atom stereocenters. The van der Waals surface area contributed by atoms with Crippen LogP contribution in [0, 0.1) is 0 Å². The Morgan fingerprint density at radius 1 is 1.24 bits per heavy atom. The Kier molecular flexibility index (Phi) is 5.85. The molecule has 114 valence electrons. The third-order valence-corrected chi connectivity index (χ3v) is 4.16. The smallest absolute Gasteiger partial charge is 0.144 e. The predicted molar refractivity (Wildman–Crippen MR) is 86.9 cm³/mol. The summed E-state index contributed by atoms with van der Waals surface area (Å²) in [6.07, 6.45) is 8.96. The fraction of sp³-hybridized carbons (Fsp3) is 0.500. The topological polar surface area (TPSA) is 32.3 Å². The van der Waals surface area contributed by atoms with Crippen LogP contribution in [0.1, 0.15) is 38.2 Å². The Bertz CT molecular complexity index is 469. The zero-order valence-corrected chi connectivity index (χ0v) is 13.1. The molecule has 21 heavy (non-hydrogen) atoms. The fourth-order valence-corrected chi connectivity index (χ4v) is 2.87. The van der Waals surface area contributed by atoms with Gasteiger partial charge in [-0.15, -0.1) is 0 Å². The summed E-state index contributed by atoms with van der Waals surface area (Å²) in [5.74, 6) is 1.10. The van der Waals surface area contributed by atoms with Crippen molar-refractivity contribution in [2.75, 3.05) is 7.05 Å². The summed E-state index contributed by atoms with van der Waals surface area (Å²) in [7, 11) is 2.00. The quantitative estimate of drug-likeness (QED) is 0.617. The minimum absolute atomic E-state index is 0.0809. The number of benzene rings is 1. The third-order valence-electron chi connectivity index (χ3n) is 4.16. The second kappa shape index (κ2) is 7.87. The first-order valence-corrected chi connectivity index (χ1v) is 7.95. The third kappa shape index (κ3) is 4.10. The molecule has 1 aliphatic rings. The van der Waals surface area contributed by atoms with Gasteiger partial charge in [-0.3, -0.25) is 0 Å². The van der Waals surface area contributed by atoms with Crippen molar-refractivity contribution in [3.05, 3.63) is 47.8 Å². The second-order valence-electron chi connectivity index (χ2n) is 5.76. The molecule has 1 aromatic rings. The van der Waals surface area contributed by atoms with Gasteiger partial charge >= 0.3 is 0 Å². The van der Waals surface area contributed by atoms with Crippen molar-refractivity contribution in [1.82, 2.24) is 10.2 Å². The lowest BCUT2D eigenvalue weighted by molar-refractivity contribution is -0.111. The van der Waals surface area contributed by atoms with Gasteiger partial charge in [-0.25, -0.2) is 0 Å². The molecular formula is C18H26N2O. The molecule has 0 aliphatic carbocycles. The van der Waals surface area contributed by atoms with E-state index in [-0.39, 0.29) is 12.1 Å². The summed E-state index contributed by atoms with van der Waals surface area (Å²) in [6, 6.07) is 10.4. The first-order valence-electron chi connectivity index (χ1n) is 7.95. The molecule has 1 heterocycles. The lowest BCUT2D eigenvalue weighted by Gasteiger charge is -2.18. The first-order chi connectivity index (χ1) is 10.3. The molecule has 1 fully saturated rings. The molecule has 3 nitrogen and oxygen atoms in total. The Balaban J connectivity index is 2.00. The summed E-state index contributed by atoms with van der Waals surface area (Å²) in [5.41, 5.74) is 1.27. The van der Waals surface area contributed by atoms with Crippen molar-refractivity contribution >= 4 is 6.29 Å². The molecule has 0 spiro atoms. The van der Waals surface area contributed by atoms with Crippen LogP contribution < -0.4 is 5.32 Å². The standard InChI is InChI=1S/C18H26N2O/c1-3-4-5-9-12-18-19-16(17(14-21)20(18)2)13-15-10-7-6-8-11-15/h6-8,10-12,14,16-17,19H,3-5,9,13H2,1-2H3. The molecule has 0 radical (unpaired) electrons. The van der Waals surface area contributed by atoms with Crippen LogP contribution in [0.5, 0.6) is 0 Å². The number of hydrogen-bond acceptors (Lipinski definition) is 3. The maximum atomic E-state index is 11.4. The van der Waals surface area contributed by atoms with Crippen molar-refractivity contribution < 1.29 is 4.79 Å². The second-order valence-corrected chi connectivity index (χ2v) is 5.76.